The zero-order chi connectivity index (χ0) is 18.4. The van der Waals surface area contributed by atoms with Crippen molar-refractivity contribution in [1.82, 2.24) is 10.2 Å². The molecule has 0 radical (unpaired) electrons. The summed E-state index contributed by atoms with van der Waals surface area (Å²) in [6.45, 7) is 0.743. The average molecular weight is 357 g/mol. The van der Waals surface area contributed by atoms with Crippen molar-refractivity contribution in [2.24, 2.45) is 0 Å². The second-order valence-electron chi connectivity index (χ2n) is 7.00. The van der Waals surface area contributed by atoms with Crippen LogP contribution in [0.4, 0.5) is 10.5 Å². The van der Waals surface area contributed by atoms with E-state index in [1.54, 1.807) is 12.1 Å². The quantitative estimate of drug-likeness (QED) is 0.709. The normalized spacial score (nSPS) is 22.7. The number of hydrogen-bond acceptors (Lipinski definition) is 3. The van der Waals surface area contributed by atoms with E-state index in [0.29, 0.717) is 12.2 Å². The molecule has 3 rings (SSSR count). The van der Waals surface area contributed by atoms with Crippen LogP contribution in [0.3, 0.4) is 0 Å². The summed E-state index contributed by atoms with van der Waals surface area (Å²) in [5.74, 6) is -0.193. The van der Waals surface area contributed by atoms with E-state index in [1.807, 2.05) is 18.2 Å². The second-order valence-corrected chi connectivity index (χ2v) is 7.00. The van der Waals surface area contributed by atoms with Gasteiger partial charge in [0, 0.05) is 25.2 Å². The average Bonchev–Trinajstić information content (AvgIpc) is 3.05. The fourth-order valence-corrected chi connectivity index (χ4v) is 3.60. The lowest BCUT2D eigenvalue weighted by Gasteiger charge is -2.24. The van der Waals surface area contributed by atoms with Crippen LogP contribution in [0.25, 0.3) is 0 Å². The number of carbonyl (C=O) groups is 2. The fraction of sp³-hybridized carbons (Fsp3) is 0.500. The van der Waals surface area contributed by atoms with Crippen molar-refractivity contribution >= 4 is 17.6 Å². The fourth-order valence-electron chi connectivity index (χ4n) is 3.60. The molecule has 3 N–H and O–H groups in total. The van der Waals surface area contributed by atoms with Gasteiger partial charge in [-0.05, 0) is 44.2 Å². The third-order valence-corrected chi connectivity index (χ3v) is 5.00. The second kappa shape index (κ2) is 8.85. The molecule has 0 saturated carbocycles. The first kappa shape index (κ1) is 18.5. The number of likely N-dealkylation sites (tertiary alicyclic amines) is 1. The molecule has 0 unspecified atom stereocenters. The van der Waals surface area contributed by atoms with Crippen LogP contribution >= 0.6 is 0 Å². The monoisotopic (exact) mass is 357 g/mol. The molecule has 1 aliphatic carbocycles. The largest absolute Gasteiger partial charge is 0.391 e. The summed E-state index contributed by atoms with van der Waals surface area (Å²) in [7, 11) is 0. The SMILES string of the molecule is O=C(NCCC1=CCCCC1)[C@H]1C[C@@H](O)CN1C(=O)Nc1ccccc1. The highest BCUT2D eigenvalue weighted by Gasteiger charge is 2.38. The molecule has 1 heterocycles. The standard InChI is InChI=1S/C20H27N3O3/c24-17-13-18(19(25)21-12-11-15-7-3-1-4-8-15)23(14-17)20(26)22-16-9-5-2-6-10-16/h2,5-7,9-10,17-18,24H,1,3-4,8,11-14H2,(H,21,25)(H,22,26)/t17-,18-/m1/s1. The number of para-hydroxylation sites is 1. The van der Waals surface area contributed by atoms with Crippen LogP contribution in [0.2, 0.25) is 0 Å². The first-order chi connectivity index (χ1) is 12.6. The number of aliphatic hydroxyl groups excluding tert-OH is 1. The van der Waals surface area contributed by atoms with Crippen LogP contribution in [-0.2, 0) is 4.79 Å². The molecule has 2 atom stereocenters. The lowest BCUT2D eigenvalue weighted by molar-refractivity contribution is -0.124. The molecule has 2 aliphatic rings. The molecule has 1 aromatic rings. The van der Waals surface area contributed by atoms with Gasteiger partial charge in [0.2, 0.25) is 5.91 Å². The van der Waals surface area contributed by atoms with Gasteiger partial charge in [0.1, 0.15) is 6.04 Å². The molecule has 1 aromatic carbocycles. The van der Waals surface area contributed by atoms with Crippen LogP contribution in [0.5, 0.6) is 0 Å². The lowest BCUT2D eigenvalue weighted by atomic mass is 9.97. The number of rotatable bonds is 5. The maximum absolute atomic E-state index is 12.5. The molecule has 0 spiro atoms. The third-order valence-electron chi connectivity index (χ3n) is 5.00. The maximum Gasteiger partial charge on any atom is 0.322 e. The van der Waals surface area contributed by atoms with Crippen molar-refractivity contribution in [3.8, 4) is 0 Å². The minimum atomic E-state index is -0.673. The highest BCUT2D eigenvalue weighted by Crippen LogP contribution is 2.21. The Balaban J connectivity index is 1.53. The van der Waals surface area contributed by atoms with E-state index in [-0.39, 0.29) is 24.9 Å². The number of nitrogens with zero attached hydrogens (tertiary/aromatic N) is 1. The Kier molecular flexibility index (Phi) is 6.28. The first-order valence-electron chi connectivity index (χ1n) is 9.40. The smallest absolute Gasteiger partial charge is 0.322 e. The Labute approximate surface area is 154 Å². The molecule has 140 valence electrons. The van der Waals surface area contributed by atoms with Crippen molar-refractivity contribution in [2.45, 2.75) is 50.7 Å². The minimum Gasteiger partial charge on any atom is -0.391 e. The summed E-state index contributed by atoms with van der Waals surface area (Å²) in [4.78, 5) is 26.5. The third kappa shape index (κ3) is 4.85. The lowest BCUT2D eigenvalue weighted by Crippen LogP contribution is -2.47. The van der Waals surface area contributed by atoms with Gasteiger partial charge in [-0.25, -0.2) is 4.79 Å². The summed E-state index contributed by atoms with van der Waals surface area (Å²) in [6.07, 6.45) is 7.45. The summed E-state index contributed by atoms with van der Waals surface area (Å²) in [6, 6.07) is 8.12. The molecule has 1 aliphatic heterocycles. The molecule has 26 heavy (non-hydrogen) atoms. The van der Waals surface area contributed by atoms with Gasteiger partial charge in [-0.1, -0.05) is 29.8 Å². The van der Waals surface area contributed by atoms with E-state index in [4.69, 9.17) is 0 Å². The Morgan fingerprint density at radius 2 is 2.00 bits per heavy atom. The van der Waals surface area contributed by atoms with E-state index in [2.05, 4.69) is 16.7 Å². The molecule has 0 bridgehead atoms. The number of carbonyl (C=O) groups excluding carboxylic acids is 2. The van der Waals surface area contributed by atoms with E-state index in [0.717, 1.165) is 19.3 Å². The van der Waals surface area contributed by atoms with Crippen molar-refractivity contribution < 1.29 is 14.7 Å². The van der Waals surface area contributed by atoms with Crippen LogP contribution in [0.1, 0.15) is 38.5 Å². The van der Waals surface area contributed by atoms with Gasteiger partial charge in [0.15, 0.2) is 0 Å². The predicted molar refractivity (Wildman–Crippen MR) is 101 cm³/mol. The molecule has 6 nitrogen and oxygen atoms in total. The van der Waals surface area contributed by atoms with Gasteiger partial charge < -0.3 is 20.6 Å². The van der Waals surface area contributed by atoms with Crippen molar-refractivity contribution in [3.63, 3.8) is 0 Å². The molecular weight excluding hydrogens is 330 g/mol. The number of allylic oxidation sites excluding steroid dienone is 1. The number of anilines is 1. The zero-order valence-electron chi connectivity index (χ0n) is 15.0. The summed E-state index contributed by atoms with van der Waals surface area (Å²) in [5.41, 5.74) is 2.07. The van der Waals surface area contributed by atoms with Gasteiger partial charge in [-0.3, -0.25) is 4.79 Å². The van der Waals surface area contributed by atoms with Crippen LogP contribution < -0.4 is 10.6 Å². The number of amides is 3. The summed E-state index contributed by atoms with van der Waals surface area (Å²) in [5, 5.41) is 15.7. The molecule has 3 amide bonds. The van der Waals surface area contributed by atoms with Gasteiger partial charge in [0.05, 0.1) is 6.10 Å². The Morgan fingerprint density at radius 1 is 1.19 bits per heavy atom. The number of benzene rings is 1. The van der Waals surface area contributed by atoms with Gasteiger partial charge in [-0.2, -0.15) is 0 Å². The molecular formula is C20H27N3O3. The first-order valence-corrected chi connectivity index (χ1v) is 9.40. The van der Waals surface area contributed by atoms with Crippen molar-refractivity contribution in [3.05, 3.63) is 42.0 Å². The summed E-state index contributed by atoms with van der Waals surface area (Å²) >= 11 is 0. The Bertz CT molecular complexity index is 660. The van der Waals surface area contributed by atoms with Crippen LogP contribution in [0.15, 0.2) is 42.0 Å². The van der Waals surface area contributed by atoms with E-state index >= 15 is 0 Å². The van der Waals surface area contributed by atoms with Gasteiger partial charge in [0.25, 0.3) is 0 Å². The highest BCUT2D eigenvalue weighted by atomic mass is 16.3. The molecule has 6 heteroatoms. The van der Waals surface area contributed by atoms with E-state index in [1.165, 1.54) is 23.3 Å². The van der Waals surface area contributed by atoms with Crippen molar-refractivity contribution in [2.75, 3.05) is 18.4 Å². The number of β-amino-alcohol motifs (C(OH)–C–C–N with tert-alkyl or cyclic N) is 1. The van der Waals surface area contributed by atoms with Crippen molar-refractivity contribution in [1.29, 1.82) is 0 Å². The van der Waals surface area contributed by atoms with Crippen LogP contribution in [-0.4, -0.2) is 47.2 Å². The maximum atomic E-state index is 12.5. The Morgan fingerprint density at radius 3 is 2.73 bits per heavy atom. The number of urea groups is 1. The molecule has 1 saturated heterocycles. The van der Waals surface area contributed by atoms with Gasteiger partial charge in [-0.15, -0.1) is 0 Å². The Hall–Kier alpha value is -2.34. The zero-order valence-corrected chi connectivity index (χ0v) is 15.0. The van der Waals surface area contributed by atoms with E-state index in [9.17, 15) is 14.7 Å². The topological polar surface area (TPSA) is 81.7 Å². The number of aliphatic hydroxyl groups is 1. The summed E-state index contributed by atoms with van der Waals surface area (Å²) < 4.78 is 0. The predicted octanol–water partition coefficient (Wildman–Crippen LogP) is 2.66. The number of nitrogens with one attached hydrogen (secondary N) is 2. The van der Waals surface area contributed by atoms with E-state index < -0.39 is 12.1 Å². The van der Waals surface area contributed by atoms with Crippen LogP contribution in [0, 0.1) is 0 Å². The van der Waals surface area contributed by atoms with Gasteiger partial charge >= 0.3 is 6.03 Å². The molecule has 0 aromatic heterocycles. The number of hydrogen-bond donors (Lipinski definition) is 3. The highest BCUT2D eigenvalue weighted by molar-refractivity contribution is 5.94. The minimum absolute atomic E-state index is 0.169. The molecule has 1 fully saturated rings.